The summed E-state index contributed by atoms with van der Waals surface area (Å²) in [4.78, 5) is 17.0. The molecule has 0 fully saturated rings. The van der Waals surface area contributed by atoms with Gasteiger partial charge in [0.2, 0.25) is 0 Å². The molecular weight excluding hydrogens is 455 g/mol. The van der Waals surface area contributed by atoms with Gasteiger partial charge in [-0.05, 0) is 35.9 Å². The highest BCUT2D eigenvalue weighted by atomic mass is 35.5. The third-order valence-electron chi connectivity index (χ3n) is 4.28. The first kappa shape index (κ1) is 20.3. The molecule has 1 N–H and O–H groups in total. The summed E-state index contributed by atoms with van der Waals surface area (Å²) in [5, 5.41) is 9.91. The number of hydrogen-bond donors (Lipinski definition) is 1. The Morgan fingerprint density at radius 3 is 2.73 bits per heavy atom. The lowest BCUT2D eigenvalue weighted by Crippen LogP contribution is -2.22. The number of aromatic nitrogens is 2. The third-order valence-corrected chi connectivity index (χ3v) is 6.37. The Balaban J connectivity index is 1.80. The van der Waals surface area contributed by atoms with Crippen LogP contribution in [0.25, 0.3) is 22.3 Å². The lowest BCUT2D eigenvalue weighted by Gasteiger charge is -2.05. The van der Waals surface area contributed by atoms with Crippen LogP contribution in [0.15, 0.2) is 52.3 Å². The van der Waals surface area contributed by atoms with E-state index in [-0.39, 0.29) is 22.1 Å². The highest BCUT2D eigenvalue weighted by Crippen LogP contribution is 2.35. The van der Waals surface area contributed by atoms with Crippen molar-refractivity contribution in [2.24, 2.45) is 0 Å². The van der Waals surface area contributed by atoms with Gasteiger partial charge in [0.1, 0.15) is 0 Å². The third kappa shape index (κ3) is 3.64. The second kappa shape index (κ2) is 7.38. The lowest BCUT2D eigenvalue weighted by molar-refractivity contribution is 0.373. The average molecular weight is 467 g/mol. The molecule has 2 aromatic carbocycles. The number of thiazole rings is 1. The second-order valence-electron chi connectivity index (χ2n) is 6.21. The van der Waals surface area contributed by atoms with E-state index in [0.29, 0.717) is 26.3 Å². The van der Waals surface area contributed by atoms with Crippen molar-refractivity contribution in [2.75, 3.05) is 7.11 Å². The number of aromatic hydroxyl groups is 1. The Hall–Kier alpha value is -2.95. The molecule has 7 nitrogen and oxygen atoms in total. The van der Waals surface area contributed by atoms with Gasteiger partial charge in [0.25, 0.3) is 5.56 Å². The summed E-state index contributed by atoms with van der Waals surface area (Å²) >= 11 is 7.10. The van der Waals surface area contributed by atoms with Crippen molar-refractivity contribution in [3.8, 4) is 22.8 Å². The van der Waals surface area contributed by atoms with Gasteiger partial charge in [-0.3, -0.25) is 9.20 Å². The number of halogens is 2. The number of hydrogen-bond acceptors (Lipinski definition) is 7. The molecule has 2 aromatic heterocycles. The predicted molar refractivity (Wildman–Crippen MR) is 112 cm³/mol. The molecule has 0 aliphatic heterocycles. The summed E-state index contributed by atoms with van der Waals surface area (Å²) in [6, 6.07) is 8.30. The normalized spacial score (nSPS) is 12.6. The van der Waals surface area contributed by atoms with Crippen molar-refractivity contribution in [3.05, 3.63) is 68.1 Å². The van der Waals surface area contributed by atoms with E-state index >= 15 is 0 Å². The topological polar surface area (TPSA) is 98.0 Å². The van der Waals surface area contributed by atoms with Crippen LogP contribution in [0.3, 0.4) is 0 Å². The molecule has 0 saturated heterocycles. The van der Waals surface area contributed by atoms with Gasteiger partial charge in [0.15, 0.2) is 16.5 Å². The highest BCUT2D eigenvalue weighted by molar-refractivity contribution is 7.86. The van der Waals surface area contributed by atoms with Gasteiger partial charge in [-0.2, -0.15) is 8.42 Å². The molecule has 4 rings (SSSR count). The molecule has 0 amide bonds. The summed E-state index contributed by atoms with van der Waals surface area (Å²) in [6.07, 6.45) is 3.05. The molecule has 0 bridgehead atoms. The van der Waals surface area contributed by atoms with Crippen molar-refractivity contribution in [2.45, 2.75) is 4.90 Å². The van der Waals surface area contributed by atoms with Crippen LogP contribution in [-0.4, -0.2) is 30.0 Å². The Kier molecular flexibility index (Phi) is 5.00. The van der Waals surface area contributed by atoms with Crippen molar-refractivity contribution < 1.29 is 22.1 Å². The summed E-state index contributed by atoms with van der Waals surface area (Å²) in [5.41, 5.74) is 0.915. The molecule has 30 heavy (non-hydrogen) atoms. The SMILES string of the molecule is COc1cc(C=c2sc3nc(-c4cccc(S(=O)(=O)F)c4)cn3c2=O)cc(Cl)c1O. The quantitative estimate of drug-likeness (QED) is 0.464. The van der Waals surface area contributed by atoms with Crippen LogP contribution >= 0.6 is 22.9 Å². The van der Waals surface area contributed by atoms with E-state index < -0.39 is 15.1 Å². The summed E-state index contributed by atoms with van der Waals surface area (Å²) in [7, 11) is -3.46. The molecule has 0 aliphatic rings. The number of nitrogens with zero attached hydrogens (tertiary/aromatic N) is 2. The Labute approximate surface area is 178 Å². The van der Waals surface area contributed by atoms with Crippen LogP contribution in [-0.2, 0) is 10.2 Å². The number of ether oxygens (including phenoxy) is 1. The molecule has 2 heterocycles. The van der Waals surface area contributed by atoms with E-state index in [4.69, 9.17) is 16.3 Å². The minimum absolute atomic E-state index is 0.0827. The first-order valence-electron chi connectivity index (χ1n) is 8.32. The molecular formula is C19H12ClFN2O5S2. The molecule has 4 aromatic rings. The smallest absolute Gasteiger partial charge is 0.332 e. The largest absolute Gasteiger partial charge is 0.503 e. The Bertz CT molecular complexity index is 1510. The average Bonchev–Trinajstić information content (AvgIpc) is 3.24. The van der Waals surface area contributed by atoms with Crippen molar-refractivity contribution in [1.82, 2.24) is 9.38 Å². The first-order valence-corrected chi connectivity index (χ1v) is 10.9. The van der Waals surface area contributed by atoms with Gasteiger partial charge in [-0.25, -0.2) is 4.98 Å². The van der Waals surface area contributed by atoms with Gasteiger partial charge >= 0.3 is 10.2 Å². The van der Waals surface area contributed by atoms with E-state index in [1.165, 1.54) is 35.9 Å². The molecule has 11 heteroatoms. The zero-order chi connectivity index (χ0) is 21.6. The molecule has 0 aliphatic carbocycles. The van der Waals surface area contributed by atoms with Crippen LogP contribution < -0.4 is 14.8 Å². The molecule has 0 spiro atoms. The van der Waals surface area contributed by atoms with Crippen molar-refractivity contribution in [1.29, 1.82) is 0 Å². The van der Waals surface area contributed by atoms with Gasteiger partial charge in [0, 0.05) is 11.8 Å². The zero-order valence-corrected chi connectivity index (χ0v) is 17.6. The van der Waals surface area contributed by atoms with Crippen LogP contribution in [0, 0.1) is 0 Å². The van der Waals surface area contributed by atoms with Gasteiger partial charge in [-0.1, -0.05) is 35.1 Å². The maximum atomic E-state index is 13.3. The van der Waals surface area contributed by atoms with Gasteiger partial charge < -0.3 is 9.84 Å². The molecule has 0 saturated carbocycles. The number of benzene rings is 2. The molecule has 0 atom stereocenters. The predicted octanol–water partition coefficient (Wildman–Crippen LogP) is 3.00. The van der Waals surface area contributed by atoms with E-state index in [9.17, 15) is 22.2 Å². The maximum absolute atomic E-state index is 13.3. The lowest BCUT2D eigenvalue weighted by atomic mass is 10.2. The minimum Gasteiger partial charge on any atom is -0.503 e. The van der Waals surface area contributed by atoms with Crippen molar-refractivity contribution >= 4 is 44.2 Å². The number of phenolic OH excluding ortho intramolecular Hbond substituents is 1. The Morgan fingerprint density at radius 2 is 2.07 bits per heavy atom. The molecule has 0 radical (unpaired) electrons. The number of imidazole rings is 1. The standard InChI is InChI=1S/C19H12ClFN2O5S2/c1-28-15-6-10(5-13(20)17(15)24)7-16-18(25)23-9-14(22-19(23)29-16)11-3-2-4-12(8-11)30(21,26)27/h2-9,24H,1H3. The number of phenols is 1. The molecule has 154 valence electrons. The van der Waals surface area contributed by atoms with Crippen LogP contribution in [0.5, 0.6) is 11.5 Å². The van der Waals surface area contributed by atoms with E-state index in [0.717, 1.165) is 23.5 Å². The Morgan fingerprint density at radius 1 is 1.30 bits per heavy atom. The first-order chi connectivity index (χ1) is 14.2. The van der Waals surface area contributed by atoms with Crippen LogP contribution in [0.1, 0.15) is 5.56 Å². The van der Waals surface area contributed by atoms with Gasteiger partial charge in [-0.15, -0.1) is 3.89 Å². The van der Waals surface area contributed by atoms with Crippen LogP contribution in [0.4, 0.5) is 3.89 Å². The fourth-order valence-corrected chi connectivity index (χ4v) is 4.55. The fourth-order valence-electron chi connectivity index (χ4n) is 2.86. The summed E-state index contributed by atoms with van der Waals surface area (Å²) in [5.74, 6) is -0.0191. The van der Waals surface area contributed by atoms with Gasteiger partial charge in [0.05, 0.1) is 27.3 Å². The fraction of sp³-hybridized carbons (Fsp3) is 0.0526. The monoisotopic (exact) mass is 466 g/mol. The zero-order valence-electron chi connectivity index (χ0n) is 15.2. The number of rotatable bonds is 4. The van der Waals surface area contributed by atoms with Crippen molar-refractivity contribution in [3.63, 3.8) is 0 Å². The second-order valence-corrected chi connectivity index (χ2v) is 8.98. The van der Waals surface area contributed by atoms with Crippen LogP contribution in [0.2, 0.25) is 5.02 Å². The minimum atomic E-state index is -4.85. The molecule has 0 unspecified atom stereocenters. The summed E-state index contributed by atoms with van der Waals surface area (Å²) in [6.45, 7) is 0. The van der Waals surface area contributed by atoms with E-state index in [1.807, 2.05) is 0 Å². The highest BCUT2D eigenvalue weighted by Gasteiger charge is 2.15. The summed E-state index contributed by atoms with van der Waals surface area (Å²) < 4.78 is 42.2. The number of fused-ring (bicyclic) bond motifs is 1. The van der Waals surface area contributed by atoms with E-state index in [1.54, 1.807) is 12.1 Å². The van der Waals surface area contributed by atoms with E-state index in [2.05, 4.69) is 4.98 Å². The maximum Gasteiger partial charge on any atom is 0.332 e. The number of methoxy groups -OCH3 is 1.